The van der Waals surface area contributed by atoms with E-state index in [9.17, 15) is 4.79 Å². The zero-order chi connectivity index (χ0) is 9.14. The van der Waals surface area contributed by atoms with Gasteiger partial charge >= 0.3 is 0 Å². The largest absolute Gasteiger partial charge is 0.372 e. The molecule has 2 atom stereocenters. The molecular formula is C8H16N2O2. The Labute approximate surface area is 72.7 Å². The fraction of sp³-hybridized carbons (Fsp3) is 0.875. The van der Waals surface area contributed by atoms with Gasteiger partial charge in [0.15, 0.2) is 0 Å². The van der Waals surface area contributed by atoms with Crippen LogP contribution in [0.2, 0.25) is 0 Å². The molecule has 0 aliphatic carbocycles. The van der Waals surface area contributed by atoms with E-state index in [-0.39, 0.29) is 18.1 Å². The molecule has 1 amide bonds. The first-order chi connectivity index (χ1) is 5.65. The van der Waals surface area contributed by atoms with E-state index in [0.717, 1.165) is 13.0 Å². The molecule has 70 valence electrons. The van der Waals surface area contributed by atoms with Crippen LogP contribution in [0.4, 0.5) is 0 Å². The second-order valence-corrected chi connectivity index (χ2v) is 3.21. The molecule has 1 saturated heterocycles. The normalized spacial score (nSPS) is 25.9. The van der Waals surface area contributed by atoms with Crippen molar-refractivity contribution in [3.8, 4) is 0 Å². The number of rotatable bonds is 2. The molecule has 4 heteroatoms. The fourth-order valence-corrected chi connectivity index (χ4v) is 1.35. The van der Waals surface area contributed by atoms with E-state index in [2.05, 4.69) is 0 Å². The molecule has 1 fully saturated rings. The van der Waals surface area contributed by atoms with Gasteiger partial charge in [0, 0.05) is 26.2 Å². The van der Waals surface area contributed by atoms with Gasteiger partial charge in [-0.25, -0.2) is 0 Å². The third-order valence-corrected chi connectivity index (χ3v) is 2.24. The molecule has 4 nitrogen and oxygen atoms in total. The van der Waals surface area contributed by atoms with Crippen molar-refractivity contribution in [3.63, 3.8) is 0 Å². The third-order valence-electron chi connectivity index (χ3n) is 2.24. The summed E-state index contributed by atoms with van der Waals surface area (Å²) >= 11 is 0. The Morgan fingerprint density at radius 2 is 2.42 bits per heavy atom. The molecule has 0 saturated carbocycles. The number of nitrogens with two attached hydrogens (primary N) is 1. The highest BCUT2D eigenvalue weighted by Crippen LogP contribution is 2.09. The minimum atomic E-state index is -0.338. The maximum atomic E-state index is 11.5. The zero-order valence-corrected chi connectivity index (χ0v) is 7.62. The van der Waals surface area contributed by atoms with Crippen LogP contribution in [-0.4, -0.2) is 43.2 Å². The standard InChI is InChI=1S/C8H16N2O2/c1-6(12-2)8(11)10-4-3-7(9)5-10/h6-7H,3-5,9H2,1-2H3. The summed E-state index contributed by atoms with van der Waals surface area (Å²) in [5, 5.41) is 0. The smallest absolute Gasteiger partial charge is 0.251 e. The Hall–Kier alpha value is -0.610. The van der Waals surface area contributed by atoms with Crippen molar-refractivity contribution in [1.82, 2.24) is 4.90 Å². The van der Waals surface area contributed by atoms with Crippen LogP contribution in [0.25, 0.3) is 0 Å². The van der Waals surface area contributed by atoms with Crippen LogP contribution in [-0.2, 0) is 9.53 Å². The van der Waals surface area contributed by atoms with Gasteiger partial charge in [0.1, 0.15) is 6.10 Å². The van der Waals surface area contributed by atoms with Gasteiger partial charge in [-0.3, -0.25) is 4.79 Å². The number of hydrogen-bond donors (Lipinski definition) is 1. The second-order valence-electron chi connectivity index (χ2n) is 3.21. The van der Waals surface area contributed by atoms with Crippen LogP contribution in [0, 0.1) is 0 Å². The molecule has 0 bridgehead atoms. The minimum Gasteiger partial charge on any atom is -0.372 e. The van der Waals surface area contributed by atoms with Gasteiger partial charge in [-0.2, -0.15) is 0 Å². The van der Waals surface area contributed by atoms with Crippen molar-refractivity contribution in [2.24, 2.45) is 5.73 Å². The zero-order valence-electron chi connectivity index (χ0n) is 7.62. The highest BCUT2D eigenvalue weighted by molar-refractivity contribution is 5.80. The van der Waals surface area contributed by atoms with Crippen LogP contribution >= 0.6 is 0 Å². The lowest BCUT2D eigenvalue weighted by Crippen LogP contribution is -2.38. The van der Waals surface area contributed by atoms with E-state index in [1.54, 1.807) is 18.9 Å². The van der Waals surface area contributed by atoms with Gasteiger partial charge in [0.05, 0.1) is 0 Å². The van der Waals surface area contributed by atoms with Crippen molar-refractivity contribution in [1.29, 1.82) is 0 Å². The van der Waals surface area contributed by atoms with Crippen molar-refractivity contribution in [2.75, 3.05) is 20.2 Å². The van der Waals surface area contributed by atoms with Crippen LogP contribution < -0.4 is 5.73 Å². The number of nitrogens with zero attached hydrogens (tertiary/aromatic N) is 1. The highest BCUT2D eigenvalue weighted by atomic mass is 16.5. The average molecular weight is 172 g/mol. The molecule has 1 aliphatic heterocycles. The summed E-state index contributed by atoms with van der Waals surface area (Å²) in [5.41, 5.74) is 5.67. The number of ether oxygens (including phenoxy) is 1. The SMILES string of the molecule is COC(C)C(=O)N1CCC(N)C1. The number of methoxy groups -OCH3 is 1. The Kier molecular flexibility index (Phi) is 3.05. The van der Waals surface area contributed by atoms with Gasteiger partial charge in [-0.05, 0) is 13.3 Å². The Morgan fingerprint density at radius 3 is 2.83 bits per heavy atom. The van der Waals surface area contributed by atoms with Crippen LogP contribution in [0.3, 0.4) is 0 Å². The number of hydrogen-bond acceptors (Lipinski definition) is 3. The Bertz CT molecular complexity index is 172. The first-order valence-corrected chi connectivity index (χ1v) is 4.22. The van der Waals surface area contributed by atoms with E-state index in [4.69, 9.17) is 10.5 Å². The summed E-state index contributed by atoms with van der Waals surface area (Å²) in [6.07, 6.45) is 0.567. The first kappa shape index (κ1) is 9.48. The van der Waals surface area contributed by atoms with E-state index in [1.165, 1.54) is 0 Å². The molecule has 2 unspecified atom stereocenters. The quantitative estimate of drug-likeness (QED) is 0.615. The van der Waals surface area contributed by atoms with Gasteiger partial charge in [-0.1, -0.05) is 0 Å². The maximum absolute atomic E-state index is 11.5. The van der Waals surface area contributed by atoms with Gasteiger partial charge in [-0.15, -0.1) is 0 Å². The molecule has 0 aromatic heterocycles. The fourth-order valence-electron chi connectivity index (χ4n) is 1.35. The van der Waals surface area contributed by atoms with Crippen LogP contribution in [0.15, 0.2) is 0 Å². The molecule has 0 aromatic carbocycles. The van der Waals surface area contributed by atoms with E-state index in [1.807, 2.05) is 0 Å². The molecule has 1 aliphatic rings. The van der Waals surface area contributed by atoms with Gasteiger partial charge < -0.3 is 15.4 Å². The monoisotopic (exact) mass is 172 g/mol. The minimum absolute atomic E-state index is 0.0467. The number of likely N-dealkylation sites (tertiary alicyclic amines) is 1. The second kappa shape index (κ2) is 3.87. The summed E-state index contributed by atoms with van der Waals surface area (Å²) < 4.78 is 4.93. The Morgan fingerprint density at radius 1 is 1.75 bits per heavy atom. The summed E-state index contributed by atoms with van der Waals surface area (Å²) in [6, 6.07) is 0.151. The molecule has 2 N–H and O–H groups in total. The molecular weight excluding hydrogens is 156 g/mol. The van der Waals surface area contributed by atoms with Crippen molar-refractivity contribution in [2.45, 2.75) is 25.5 Å². The number of amides is 1. The topological polar surface area (TPSA) is 55.6 Å². The van der Waals surface area contributed by atoms with E-state index < -0.39 is 0 Å². The average Bonchev–Trinajstić information content (AvgIpc) is 2.49. The molecule has 1 rings (SSSR count). The van der Waals surface area contributed by atoms with E-state index in [0.29, 0.717) is 6.54 Å². The van der Waals surface area contributed by atoms with Gasteiger partial charge in [0.2, 0.25) is 0 Å². The predicted molar refractivity (Wildman–Crippen MR) is 45.6 cm³/mol. The van der Waals surface area contributed by atoms with E-state index >= 15 is 0 Å². The van der Waals surface area contributed by atoms with Crippen molar-refractivity contribution in [3.05, 3.63) is 0 Å². The first-order valence-electron chi connectivity index (χ1n) is 4.22. The predicted octanol–water partition coefficient (Wildman–Crippen LogP) is -0.419. The summed E-state index contributed by atoms with van der Waals surface area (Å²) in [7, 11) is 1.54. The van der Waals surface area contributed by atoms with Crippen molar-refractivity contribution < 1.29 is 9.53 Å². The lowest BCUT2D eigenvalue weighted by atomic mass is 10.3. The maximum Gasteiger partial charge on any atom is 0.251 e. The Balaban J connectivity index is 2.43. The van der Waals surface area contributed by atoms with Crippen molar-refractivity contribution >= 4 is 5.91 Å². The lowest BCUT2D eigenvalue weighted by Gasteiger charge is -2.19. The highest BCUT2D eigenvalue weighted by Gasteiger charge is 2.26. The molecule has 0 radical (unpaired) electrons. The third kappa shape index (κ3) is 1.95. The molecule has 12 heavy (non-hydrogen) atoms. The molecule has 0 aromatic rings. The lowest BCUT2D eigenvalue weighted by molar-refractivity contribution is -0.139. The summed E-state index contributed by atoms with van der Waals surface area (Å²) in [5.74, 6) is 0.0467. The summed E-state index contributed by atoms with van der Waals surface area (Å²) in [6.45, 7) is 3.20. The molecule has 0 spiro atoms. The molecule has 1 heterocycles. The van der Waals surface area contributed by atoms with Crippen LogP contribution in [0.5, 0.6) is 0 Å². The number of carbonyl (C=O) groups excluding carboxylic acids is 1. The van der Waals surface area contributed by atoms with Crippen LogP contribution in [0.1, 0.15) is 13.3 Å². The van der Waals surface area contributed by atoms with Gasteiger partial charge in [0.25, 0.3) is 5.91 Å². The summed E-state index contributed by atoms with van der Waals surface area (Å²) in [4.78, 5) is 13.2. The number of carbonyl (C=O) groups is 1.